The van der Waals surface area contributed by atoms with Gasteiger partial charge in [0.2, 0.25) is 0 Å². The second-order valence-corrected chi connectivity index (χ2v) is 3.80. The molecule has 0 radical (unpaired) electrons. The van der Waals surface area contributed by atoms with Crippen LogP contribution in [-0.4, -0.2) is 17.2 Å². The Labute approximate surface area is 81.5 Å². The third kappa shape index (κ3) is 1.66. The number of benzene rings is 1. The van der Waals surface area contributed by atoms with Gasteiger partial charge in [0.1, 0.15) is 5.82 Å². The van der Waals surface area contributed by atoms with Gasteiger partial charge in [-0.25, -0.2) is 4.39 Å². The molecule has 1 aromatic carbocycles. The van der Waals surface area contributed by atoms with Crippen molar-refractivity contribution in [2.24, 2.45) is 5.73 Å². The van der Waals surface area contributed by atoms with E-state index in [1.54, 1.807) is 6.07 Å². The lowest BCUT2D eigenvalue weighted by Crippen LogP contribution is -2.32. The summed E-state index contributed by atoms with van der Waals surface area (Å²) in [5, 5.41) is 17.8. The van der Waals surface area contributed by atoms with Crippen LogP contribution in [0.4, 0.5) is 4.39 Å². The topological polar surface area (TPSA) is 66.5 Å². The Morgan fingerprint density at radius 1 is 1.29 bits per heavy atom. The van der Waals surface area contributed by atoms with Gasteiger partial charge in [0.25, 0.3) is 0 Å². The molecule has 4 N–H and O–H groups in total. The number of nitrogens with two attached hydrogens (primary N) is 1. The molecule has 0 unspecified atom stereocenters. The highest BCUT2D eigenvalue weighted by Crippen LogP contribution is 2.42. The molecule has 74 valence electrons. The standard InChI is InChI=1S/C9H11BFNO2/c11-8-4-6(9(12)1-2-9)3-7(5-8)10(13)14/h3-5,13-14H,1-2,12H2. The third-order valence-corrected chi connectivity index (χ3v) is 2.58. The molecule has 0 aromatic heterocycles. The van der Waals surface area contributed by atoms with E-state index in [9.17, 15) is 4.39 Å². The molecule has 0 aliphatic heterocycles. The van der Waals surface area contributed by atoms with Crippen molar-refractivity contribution in [3.63, 3.8) is 0 Å². The Balaban J connectivity index is 2.42. The fraction of sp³-hybridized carbons (Fsp3) is 0.333. The molecule has 1 saturated carbocycles. The molecule has 0 heterocycles. The smallest absolute Gasteiger partial charge is 0.423 e. The van der Waals surface area contributed by atoms with E-state index < -0.39 is 18.5 Å². The summed E-state index contributed by atoms with van der Waals surface area (Å²) in [5.74, 6) is -0.484. The van der Waals surface area contributed by atoms with Gasteiger partial charge in [-0.1, -0.05) is 6.07 Å². The largest absolute Gasteiger partial charge is 0.488 e. The second kappa shape index (κ2) is 3.05. The first-order valence-electron chi connectivity index (χ1n) is 4.47. The number of hydrogen-bond donors (Lipinski definition) is 3. The first kappa shape index (κ1) is 9.64. The van der Waals surface area contributed by atoms with Crippen LogP contribution >= 0.6 is 0 Å². The highest BCUT2D eigenvalue weighted by molar-refractivity contribution is 6.58. The monoisotopic (exact) mass is 195 g/mol. The molecule has 0 spiro atoms. The van der Waals surface area contributed by atoms with Crippen molar-refractivity contribution in [1.29, 1.82) is 0 Å². The summed E-state index contributed by atoms with van der Waals surface area (Å²) < 4.78 is 13.1. The normalized spacial score (nSPS) is 18.0. The molecule has 1 aliphatic rings. The average Bonchev–Trinajstić information content (AvgIpc) is 2.84. The molecule has 0 atom stereocenters. The Morgan fingerprint density at radius 2 is 1.93 bits per heavy atom. The van der Waals surface area contributed by atoms with Gasteiger partial charge in [-0.05, 0) is 36.0 Å². The van der Waals surface area contributed by atoms with Gasteiger partial charge < -0.3 is 15.8 Å². The fourth-order valence-electron chi connectivity index (χ4n) is 1.47. The summed E-state index contributed by atoms with van der Waals surface area (Å²) in [5.41, 5.74) is 6.21. The third-order valence-electron chi connectivity index (χ3n) is 2.58. The Bertz CT molecular complexity index is 366. The molecule has 14 heavy (non-hydrogen) atoms. The molecular weight excluding hydrogens is 184 g/mol. The van der Waals surface area contributed by atoms with Gasteiger partial charge >= 0.3 is 7.12 Å². The molecule has 2 rings (SSSR count). The zero-order valence-electron chi connectivity index (χ0n) is 7.57. The van der Waals surface area contributed by atoms with E-state index >= 15 is 0 Å². The number of hydrogen-bond acceptors (Lipinski definition) is 3. The van der Waals surface area contributed by atoms with Gasteiger partial charge in [-0.3, -0.25) is 0 Å². The van der Waals surface area contributed by atoms with Gasteiger partial charge in [0.05, 0.1) is 0 Å². The molecule has 1 aliphatic carbocycles. The van der Waals surface area contributed by atoms with Gasteiger partial charge in [0.15, 0.2) is 0 Å². The van der Waals surface area contributed by atoms with Gasteiger partial charge in [-0.2, -0.15) is 0 Å². The van der Waals surface area contributed by atoms with Crippen molar-refractivity contribution in [3.8, 4) is 0 Å². The number of halogens is 1. The highest BCUT2D eigenvalue weighted by atomic mass is 19.1. The van der Waals surface area contributed by atoms with Crippen LogP contribution < -0.4 is 11.2 Å². The molecule has 0 bridgehead atoms. The lowest BCUT2D eigenvalue weighted by atomic mass is 9.79. The lowest BCUT2D eigenvalue weighted by molar-refractivity contribution is 0.425. The van der Waals surface area contributed by atoms with E-state index in [4.69, 9.17) is 15.8 Å². The van der Waals surface area contributed by atoms with Crippen LogP contribution in [0.25, 0.3) is 0 Å². The van der Waals surface area contributed by atoms with E-state index in [-0.39, 0.29) is 5.46 Å². The highest BCUT2D eigenvalue weighted by Gasteiger charge is 2.40. The molecular formula is C9H11BFNO2. The van der Waals surface area contributed by atoms with Crippen molar-refractivity contribution in [2.45, 2.75) is 18.4 Å². The predicted molar refractivity (Wildman–Crippen MR) is 51.3 cm³/mol. The van der Waals surface area contributed by atoms with Crippen LogP contribution in [-0.2, 0) is 5.54 Å². The Morgan fingerprint density at radius 3 is 2.43 bits per heavy atom. The van der Waals surface area contributed by atoms with Crippen molar-refractivity contribution in [3.05, 3.63) is 29.6 Å². The first-order chi connectivity index (χ1) is 6.51. The van der Waals surface area contributed by atoms with Crippen LogP contribution in [0.1, 0.15) is 18.4 Å². The zero-order chi connectivity index (χ0) is 10.3. The van der Waals surface area contributed by atoms with Crippen LogP contribution in [0, 0.1) is 5.82 Å². The van der Waals surface area contributed by atoms with Crippen LogP contribution in [0.3, 0.4) is 0 Å². The molecule has 3 nitrogen and oxygen atoms in total. The minimum absolute atomic E-state index is 0.150. The Hall–Kier alpha value is -0.905. The molecule has 0 amide bonds. The minimum atomic E-state index is -1.65. The van der Waals surface area contributed by atoms with Crippen LogP contribution in [0.15, 0.2) is 18.2 Å². The fourth-order valence-corrected chi connectivity index (χ4v) is 1.47. The summed E-state index contributed by atoms with van der Waals surface area (Å²) in [4.78, 5) is 0. The average molecular weight is 195 g/mol. The molecule has 1 fully saturated rings. The summed E-state index contributed by atoms with van der Waals surface area (Å²) in [6, 6.07) is 3.99. The van der Waals surface area contributed by atoms with Crippen LogP contribution in [0.2, 0.25) is 0 Å². The first-order valence-corrected chi connectivity index (χ1v) is 4.47. The van der Waals surface area contributed by atoms with Gasteiger partial charge in [0, 0.05) is 5.54 Å². The summed E-state index contributed by atoms with van der Waals surface area (Å²) in [6.45, 7) is 0. The maximum absolute atomic E-state index is 13.1. The number of rotatable bonds is 2. The van der Waals surface area contributed by atoms with E-state index in [0.29, 0.717) is 5.56 Å². The summed E-state index contributed by atoms with van der Waals surface area (Å²) in [6.07, 6.45) is 1.63. The second-order valence-electron chi connectivity index (χ2n) is 3.80. The summed E-state index contributed by atoms with van der Waals surface area (Å²) in [7, 11) is -1.65. The predicted octanol–water partition coefficient (Wildman–Crippen LogP) is -0.547. The van der Waals surface area contributed by atoms with Gasteiger partial charge in [-0.15, -0.1) is 0 Å². The quantitative estimate of drug-likeness (QED) is 0.555. The van der Waals surface area contributed by atoms with Crippen LogP contribution in [0.5, 0.6) is 0 Å². The molecule has 1 aromatic rings. The van der Waals surface area contributed by atoms with E-state index in [0.717, 1.165) is 18.9 Å². The minimum Gasteiger partial charge on any atom is -0.423 e. The maximum Gasteiger partial charge on any atom is 0.488 e. The molecule has 5 heteroatoms. The van der Waals surface area contributed by atoms with E-state index in [1.807, 2.05) is 0 Å². The maximum atomic E-state index is 13.1. The Kier molecular flexibility index (Phi) is 2.10. The SMILES string of the molecule is NC1(c2cc(F)cc(B(O)O)c2)CC1. The van der Waals surface area contributed by atoms with Crippen molar-refractivity contribution in [1.82, 2.24) is 0 Å². The van der Waals surface area contributed by atoms with Crippen molar-refractivity contribution < 1.29 is 14.4 Å². The van der Waals surface area contributed by atoms with E-state index in [1.165, 1.54) is 6.07 Å². The van der Waals surface area contributed by atoms with Crippen molar-refractivity contribution in [2.75, 3.05) is 0 Å². The van der Waals surface area contributed by atoms with Crippen molar-refractivity contribution >= 4 is 12.6 Å². The van der Waals surface area contributed by atoms with E-state index in [2.05, 4.69) is 0 Å². The molecule has 0 saturated heterocycles. The zero-order valence-corrected chi connectivity index (χ0v) is 7.57. The lowest BCUT2D eigenvalue weighted by Gasteiger charge is -2.11. The summed E-state index contributed by atoms with van der Waals surface area (Å²) >= 11 is 0.